The van der Waals surface area contributed by atoms with E-state index in [2.05, 4.69) is 5.16 Å². The van der Waals surface area contributed by atoms with Gasteiger partial charge in [-0.3, -0.25) is 4.79 Å². The Kier molecular flexibility index (Phi) is 5.08. The quantitative estimate of drug-likeness (QED) is 0.763. The van der Waals surface area contributed by atoms with Gasteiger partial charge in [0.25, 0.3) is 5.91 Å². The van der Waals surface area contributed by atoms with Crippen molar-refractivity contribution in [3.8, 4) is 5.75 Å². The number of primary amides is 1. The molecular weight excluding hydrogens is 405 g/mol. The molecule has 4 atom stereocenters. The lowest BCUT2D eigenvalue weighted by Crippen LogP contribution is -2.39. The van der Waals surface area contributed by atoms with Gasteiger partial charge in [0.2, 0.25) is 0 Å². The second-order valence-electron chi connectivity index (χ2n) is 7.46. The first-order valence-corrected chi connectivity index (χ1v) is 9.56. The molecule has 1 aromatic heterocycles. The number of halogens is 2. The molecule has 1 unspecified atom stereocenters. The van der Waals surface area contributed by atoms with Crippen LogP contribution in [0.4, 0.5) is 9.18 Å². The van der Waals surface area contributed by atoms with Crippen molar-refractivity contribution in [1.82, 2.24) is 10.1 Å². The molecule has 3 N–H and O–H groups in total. The van der Waals surface area contributed by atoms with E-state index in [4.69, 9.17) is 26.6 Å². The van der Waals surface area contributed by atoms with Gasteiger partial charge in [-0.05, 0) is 36.8 Å². The molecule has 2 heterocycles. The number of carbonyl (C=O) groups excluding carboxylic acids is 1. The molecule has 10 heteroatoms. The fourth-order valence-corrected chi connectivity index (χ4v) is 4.57. The fourth-order valence-electron chi connectivity index (χ4n) is 4.46. The topological polar surface area (TPSA) is 119 Å². The minimum absolute atomic E-state index is 0.00817. The Balaban J connectivity index is 1.48. The molecule has 2 fully saturated rings. The van der Waals surface area contributed by atoms with Crippen LogP contribution in [0.5, 0.6) is 5.75 Å². The van der Waals surface area contributed by atoms with Crippen LogP contribution in [0.2, 0.25) is 5.02 Å². The van der Waals surface area contributed by atoms with E-state index in [0.717, 1.165) is 0 Å². The molecule has 0 radical (unpaired) electrons. The van der Waals surface area contributed by atoms with Gasteiger partial charge in [-0.15, -0.1) is 0 Å². The van der Waals surface area contributed by atoms with Crippen molar-refractivity contribution in [3.63, 3.8) is 0 Å². The predicted molar refractivity (Wildman–Crippen MR) is 99.3 cm³/mol. The van der Waals surface area contributed by atoms with Crippen LogP contribution in [-0.2, 0) is 6.42 Å². The Morgan fingerprint density at radius 1 is 1.38 bits per heavy atom. The molecule has 2 amide bonds. The van der Waals surface area contributed by atoms with Gasteiger partial charge in [-0.25, -0.2) is 9.18 Å². The van der Waals surface area contributed by atoms with Gasteiger partial charge in [0.1, 0.15) is 17.3 Å². The molecule has 154 valence electrons. The Labute approximate surface area is 170 Å². The molecule has 29 heavy (non-hydrogen) atoms. The zero-order valence-electron chi connectivity index (χ0n) is 15.3. The SMILES string of the molecule is NC(=O)c1cc(CC2[C@H]3C[C@@H](Oc4ccc(Cl)c(F)c4)C[C@H]3CN2C(=O)O)on1. The maximum absolute atomic E-state index is 13.7. The Hall–Kier alpha value is -2.81. The average Bonchev–Trinajstić information content (AvgIpc) is 3.34. The molecule has 4 rings (SSSR count). The van der Waals surface area contributed by atoms with Gasteiger partial charge in [0, 0.05) is 31.1 Å². The zero-order chi connectivity index (χ0) is 20.7. The van der Waals surface area contributed by atoms with Crippen molar-refractivity contribution in [2.45, 2.75) is 31.4 Å². The second-order valence-corrected chi connectivity index (χ2v) is 7.87. The van der Waals surface area contributed by atoms with Crippen molar-refractivity contribution < 1.29 is 28.3 Å². The van der Waals surface area contributed by atoms with E-state index in [0.29, 0.717) is 30.9 Å². The van der Waals surface area contributed by atoms with Gasteiger partial charge in [0.05, 0.1) is 11.1 Å². The van der Waals surface area contributed by atoms with Gasteiger partial charge >= 0.3 is 6.09 Å². The molecule has 1 aliphatic carbocycles. The lowest BCUT2D eigenvalue weighted by Gasteiger charge is -2.25. The molecule has 1 aliphatic heterocycles. The van der Waals surface area contributed by atoms with Gasteiger partial charge < -0.3 is 25.0 Å². The van der Waals surface area contributed by atoms with E-state index in [-0.39, 0.29) is 41.1 Å². The molecular formula is C19H19ClFN3O5. The highest BCUT2D eigenvalue weighted by atomic mass is 35.5. The number of aromatic nitrogens is 1. The summed E-state index contributed by atoms with van der Waals surface area (Å²) in [5.74, 6) is -0.284. The Morgan fingerprint density at radius 3 is 2.83 bits per heavy atom. The minimum atomic E-state index is -1.00. The van der Waals surface area contributed by atoms with Crippen molar-refractivity contribution in [3.05, 3.63) is 46.6 Å². The first-order valence-electron chi connectivity index (χ1n) is 9.18. The predicted octanol–water partition coefficient (Wildman–Crippen LogP) is 2.94. The molecule has 1 aromatic carbocycles. The average molecular weight is 424 g/mol. The summed E-state index contributed by atoms with van der Waals surface area (Å²) >= 11 is 5.70. The highest BCUT2D eigenvalue weighted by Crippen LogP contribution is 2.44. The molecule has 2 aromatic rings. The lowest BCUT2D eigenvalue weighted by atomic mass is 9.91. The molecule has 1 saturated heterocycles. The number of ether oxygens (including phenoxy) is 1. The number of carboxylic acid groups (broad SMARTS) is 1. The first-order chi connectivity index (χ1) is 13.8. The van der Waals surface area contributed by atoms with Crippen LogP contribution in [0.1, 0.15) is 29.1 Å². The first kappa shape index (κ1) is 19.5. The van der Waals surface area contributed by atoms with Crippen molar-refractivity contribution in [2.24, 2.45) is 17.6 Å². The largest absolute Gasteiger partial charge is 0.490 e. The van der Waals surface area contributed by atoms with Crippen molar-refractivity contribution in [2.75, 3.05) is 6.54 Å². The summed E-state index contributed by atoms with van der Waals surface area (Å²) in [6.45, 7) is 0.385. The van der Waals surface area contributed by atoms with Crippen LogP contribution in [0.25, 0.3) is 0 Å². The standard InChI is InChI=1S/C19H19ClFN3O5/c20-14-2-1-10(5-15(14)21)28-11-3-9-8-24(19(26)27)17(13(9)4-11)7-12-6-16(18(22)25)23-29-12/h1-2,5-6,9,11,13,17H,3-4,7-8H2,(H2,22,25)(H,26,27)/t9-,11-,13-,17?/m0/s1. The van der Waals surface area contributed by atoms with Crippen LogP contribution in [0, 0.1) is 17.7 Å². The van der Waals surface area contributed by atoms with Crippen molar-refractivity contribution in [1.29, 1.82) is 0 Å². The summed E-state index contributed by atoms with van der Waals surface area (Å²) in [6.07, 6.45) is 0.421. The zero-order valence-corrected chi connectivity index (χ0v) is 16.0. The smallest absolute Gasteiger partial charge is 0.407 e. The molecule has 0 bridgehead atoms. The third-order valence-electron chi connectivity index (χ3n) is 5.69. The number of fused-ring (bicyclic) bond motifs is 1. The van der Waals surface area contributed by atoms with Gasteiger partial charge in [-0.2, -0.15) is 0 Å². The van der Waals surface area contributed by atoms with E-state index in [1.807, 2.05) is 0 Å². The van der Waals surface area contributed by atoms with Gasteiger partial charge in [-0.1, -0.05) is 16.8 Å². The van der Waals surface area contributed by atoms with E-state index in [1.54, 1.807) is 6.07 Å². The highest BCUT2D eigenvalue weighted by Gasteiger charge is 2.50. The summed E-state index contributed by atoms with van der Waals surface area (Å²) in [5, 5.41) is 13.2. The minimum Gasteiger partial charge on any atom is -0.490 e. The number of benzene rings is 1. The molecule has 1 saturated carbocycles. The fraction of sp³-hybridized carbons (Fsp3) is 0.421. The summed E-state index contributed by atoms with van der Waals surface area (Å²) in [6, 6.07) is 5.41. The maximum atomic E-state index is 13.7. The van der Waals surface area contributed by atoms with E-state index < -0.39 is 17.8 Å². The third-order valence-corrected chi connectivity index (χ3v) is 6.00. The summed E-state index contributed by atoms with van der Waals surface area (Å²) in [4.78, 5) is 24.3. The lowest BCUT2D eigenvalue weighted by molar-refractivity contribution is 0.0991. The maximum Gasteiger partial charge on any atom is 0.407 e. The second kappa shape index (κ2) is 7.55. The monoisotopic (exact) mass is 423 g/mol. The number of rotatable bonds is 5. The number of likely N-dealkylation sites (tertiary alicyclic amines) is 1. The number of amides is 2. The van der Waals surface area contributed by atoms with Crippen LogP contribution in [0.15, 0.2) is 28.8 Å². The number of hydrogen-bond acceptors (Lipinski definition) is 5. The van der Waals surface area contributed by atoms with E-state index in [9.17, 15) is 19.1 Å². The van der Waals surface area contributed by atoms with Gasteiger partial charge in [0.15, 0.2) is 5.69 Å². The number of nitrogens with zero attached hydrogens (tertiary/aromatic N) is 2. The van der Waals surface area contributed by atoms with Crippen LogP contribution >= 0.6 is 11.6 Å². The number of hydrogen-bond donors (Lipinski definition) is 2. The van der Waals surface area contributed by atoms with Crippen LogP contribution in [-0.4, -0.2) is 45.9 Å². The molecule has 8 nitrogen and oxygen atoms in total. The van der Waals surface area contributed by atoms with E-state index >= 15 is 0 Å². The number of carbonyl (C=O) groups is 2. The molecule has 2 aliphatic rings. The third kappa shape index (κ3) is 3.87. The summed E-state index contributed by atoms with van der Waals surface area (Å²) in [7, 11) is 0. The normalized spacial score (nSPS) is 25.8. The highest BCUT2D eigenvalue weighted by molar-refractivity contribution is 6.30. The van der Waals surface area contributed by atoms with Crippen molar-refractivity contribution >= 4 is 23.6 Å². The number of nitrogens with two attached hydrogens (primary N) is 1. The van der Waals surface area contributed by atoms with E-state index in [1.165, 1.54) is 23.1 Å². The summed E-state index contributed by atoms with van der Waals surface area (Å²) in [5.41, 5.74) is 5.20. The van der Waals surface area contributed by atoms with Crippen LogP contribution < -0.4 is 10.5 Å². The molecule has 0 spiro atoms. The Bertz CT molecular complexity index is 952. The summed E-state index contributed by atoms with van der Waals surface area (Å²) < 4.78 is 24.7. The Morgan fingerprint density at radius 2 is 2.17 bits per heavy atom. The van der Waals surface area contributed by atoms with Crippen LogP contribution in [0.3, 0.4) is 0 Å².